The number of nitrogens with zero attached hydrogens (tertiary/aromatic N) is 4. The highest BCUT2D eigenvalue weighted by Crippen LogP contribution is 2.17. The van der Waals surface area contributed by atoms with E-state index in [0.29, 0.717) is 17.4 Å². The number of aryl methyl sites for hydroxylation is 2. The van der Waals surface area contributed by atoms with E-state index >= 15 is 0 Å². The Hall–Kier alpha value is -1.63. The van der Waals surface area contributed by atoms with E-state index in [9.17, 15) is 4.79 Å². The molecule has 0 radical (unpaired) electrons. The summed E-state index contributed by atoms with van der Waals surface area (Å²) in [5.74, 6) is 0.599. The number of carbonyl (C=O) groups excluding carboxylic acids is 1. The van der Waals surface area contributed by atoms with E-state index < -0.39 is 0 Å². The average molecular weight is 307 g/mol. The van der Waals surface area contributed by atoms with Gasteiger partial charge in [-0.25, -0.2) is 9.50 Å². The first-order valence-electron chi connectivity index (χ1n) is 7.02. The zero-order valence-electron chi connectivity index (χ0n) is 13.1. The molecule has 1 unspecified atom stereocenters. The molecule has 21 heavy (non-hydrogen) atoms. The van der Waals surface area contributed by atoms with Gasteiger partial charge in [-0.3, -0.25) is 4.79 Å². The lowest BCUT2D eigenvalue weighted by Gasteiger charge is -2.13. The molecular weight excluding hydrogens is 286 g/mol. The van der Waals surface area contributed by atoms with E-state index in [2.05, 4.69) is 27.3 Å². The number of rotatable bonds is 5. The first-order chi connectivity index (χ1) is 9.96. The van der Waals surface area contributed by atoms with Crippen LogP contribution >= 0.6 is 11.8 Å². The van der Waals surface area contributed by atoms with E-state index in [1.54, 1.807) is 4.52 Å². The number of hydrogen-bond acceptors (Lipinski definition) is 5. The quantitative estimate of drug-likeness (QED) is 0.854. The maximum absolute atomic E-state index is 12.1. The van der Waals surface area contributed by atoms with Crippen molar-refractivity contribution >= 4 is 23.4 Å². The van der Waals surface area contributed by atoms with Crippen LogP contribution in [-0.4, -0.2) is 37.8 Å². The standard InChI is InChI=1S/C14H21N5OS/c1-6-8(2)15-12(20)7-11-9(3)16-13-17-14(21-5)18-19(13)10(11)4/h8H,6-7H2,1-5H3,(H,15,20). The number of amides is 1. The topological polar surface area (TPSA) is 72.2 Å². The predicted molar refractivity (Wildman–Crippen MR) is 83.6 cm³/mol. The molecule has 1 N–H and O–H groups in total. The van der Waals surface area contributed by atoms with Crippen molar-refractivity contribution in [2.75, 3.05) is 6.26 Å². The van der Waals surface area contributed by atoms with Gasteiger partial charge in [0.25, 0.3) is 5.78 Å². The molecule has 0 fully saturated rings. The Morgan fingerprint density at radius 3 is 2.71 bits per heavy atom. The molecular formula is C14H21N5OS. The third-order valence-electron chi connectivity index (χ3n) is 3.57. The number of fused-ring (bicyclic) bond motifs is 1. The maximum atomic E-state index is 12.1. The van der Waals surface area contributed by atoms with Crippen LogP contribution in [0.1, 0.15) is 37.2 Å². The van der Waals surface area contributed by atoms with Crippen molar-refractivity contribution in [1.29, 1.82) is 0 Å². The molecule has 0 saturated carbocycles. The summed E-state index contributed by atoms with van der Waals surface area (Å²) < 4.78 is 1.71. The van der Waals surface area contributed by atoms with Crippen LogP contribution in [0.3, 0.4) is 0 Å². The van der Waals surface area contributed by atoms with Crippen LogP contribution in [0.25, 0.3) is 5.78 Å². The van der Waals surface area contributed by atoms with Gasteiger partial charge in [0.15, 0.2) is 0 Å². The van der Waals surface area contributed by atoms with Gasteiger partial charge in [0.05, 0.1) is 6.42 Å². The van der Waals surface area contributed by atoms with Crippen LogP contribution < -0.4 is 5.32 Å². The number of aromatic nitrogens is 4. The average Bonchev–Trinajstić information content (AvgIpc) is 2.86. The highest BCUT2D eigenvalue weighted by atomic mass is 32.2. The van der Waals surface area contributed by atoms with Gasteiger partial charge in [0, 0.05) is 23.0 Å². The second-order valence-electron chi connectivity index (χ2n) is 5.13. The highest BCUT2D eigenvalue weighted by Gasteiger charge is 2.16. The Labute approximate surface area is 128 Å². The zero-order valence-corrected chi connectivity index (χ0v) is 13.9. The lowest BCUT2D eigenvalue weighted by molar-refractivity contribution is -0.121. The highest BCUT2D eigenvalue weighted by molar-refractivity contribution is 7.98. The molecule has 2 rings (SSSR count). The number of nitrogens with one attached hydrogen (secondary N) is 1. The molecule has 0 aromatic carbocycles. The molecule has 0 saturated heterocycles. The van der Waals surface area contributed by atoms with Crippen molar-refractivity contribution in [2.45, 2.75) is 51.7 Å². The molecule has 7 heteroatoms. The van der Waals surface area contributed by atoms with Crippen molar-refractivity contribution in [3.8, 4) is 0 Å². The van der Waals surface area contributed by atoms with E-state index in [-0.39, 0.29) is 11.9 Å². The largest absolute Gasteiger partial charge is 0.353 e. The van der Waals surface area contributed by atoms with Crippen LogP contribution in [0, 0.1) is 13.8 Å². The summed E-state index contributed by atoms with van der Waals surface area (Å²) in [6.45, 7) is 7.91. The smallest absolute Gasteiger partial charge is 0.253 e. The fraction of sp³-hybridized carbons (Fsp3) is 0.571. The monoisotopic (exact) mass is 307 g/mol. The minimum Gasteiger partial charge on any atom is -0.353 e. The molecule has 0 aliphatic heterocycles. The molecule has 1 amide bonds. The van der Waals surface area contributed by atoms with Crippen molar-refractivity contribution in [1.82, 2.24) is 24.9 Å². The van der Waals surface area contributed by atoms with Gasteiger partial charge in [-0.05, 0) is 33.4 Å². The molecule has 6 nitrogen and oxygen atoms in total. The molecule has 0 aliphatic rings. The Kier molecular flexibility index (Phi) is 4.82. The zero-order chi connectivity index (χ0) is 15.6. The molecule has 0 spiro atoms. The Morgan fingerprint density at radius 1 is 1.38 bits per heavy atom. The van der Waals surface area contributed by atoms with Crippen LogP contribution in [0.2, 0.25) is 0 Å². The van der Waals surface area contributed by atoms with Crippen LogP contribution in [0.15, 0.2) is 5.16 Å². The summed E-state index contributed by atoms with van der Waals surface area (Å²) in [6, 6.07) is 0.185. The summed E-state index contributed by atoms with van der Waals surface area (Å²) in [4.78, 5) is 20.9. The minimum atomic E-state index is 0.0157. The van der Waals surface area contributed by atoms with Gasteiger partial charge in [-0.2, -0.15) is 4.98 Å². The van der Waals surface area contributed by atoms with Crippen LogP contribution in [0.4, 0.5) is 0 Å². The Morgan fingerprint density at radius 2 is 2.10 bits per heavy atom. The van der Waals surface area contributed by atoms with Crippen LogP contribution in [0.5, 0.6) is 0 Å². The fourth-order valence-corrected chi connectivity index (χ4v) is 2.46. The summed E-state index contributed by atoms with van der Waals surface area (Å²) in [5, 5.41) is 8.06. The van der Waals surface area contributed by atoms with Crippen molar-refractivity contribution in [3.05, 3.63) is 17.0 Å². The molecule has 0 bridgehead atoms. The Bertz CT molecular complexity index is 667. The lowest BCUT2D eigenvalue weighted by atomic mass is 10.1. The van der Waals surface area contributed by atoms with Gasteiger partial charge in [-0.1, -0.05) is 18.7 Å². The summed E-state index contributed by atoms with van der Waals surface area (Å²) in [7, 11) is 0. The fourth-order valence-electron chi connectivity index (χ4n) is 2.12. The summed E-state index contributed by atoms with van der Waals surface area (Å²) >= 11 is 1.48. The van der Waals surface area contributed by atoms with E-state index in [0.717, 1.165) is 23.4 Å². The second-order valence-corrected chi connectivity index (χ2v) is 5.90. The first kappa shape index (κ1) is 15.8. The predicted octanol–water partition coefficient (Wildman–Crippen LogP) is 1.92. The van der Waals surface area contributed by atoms with Gasteiger partial charge < -0.3 is 5.32 Å². The van der Waals surface area contributed by atoms with Crippen molar-refractivity contribution in [3.63, 3.8) is 0 Å². The molecule has 2 heterocycles. The number of thioether (sulfide) groups is 1. The lowest BCUT2D eigenvalue weighted by Crippen LogP contribution is -2.33. The second kappa shape index (κ2) is 6.43. The molecule has 0 aliphatic carbocycles. The molecule has 1 atom stereocenters. The van der Waals surface area contributed by atoms with Gasteiger partial charge in [-0.15, -0.1) is 5.10 Å². The van der Waals surface area contributed by atoms with E-state index in [4.69, 9.17) is 0 Å². The van der Waals surface area contributed by atoms with Crippen molar-refractivity contribution < 1.29 is 4.79 Å². The third kappa shape index (κ3) is 3.34. The van der Waals surface area contributed by atoms with Gasteiger partial charge >= 0.3 is 0 Å². The Balaban J connectivity index is 2.33. The molecule has 114 valence electrons. The maximum Gasteiger partial charge on any atom is 0.253 e. The summed E-state index contributed by atoms with van der Waals surface area (Å²) in [5.41, 5.74) is 2.67. The van der Waals surface area contributed by atoms with Gasteiger partial charge in [0.1, 0.15) is 0 Å². The van der Waals surface area contributed by atoms with Crippen molar-refractivity contribution in [2.24, 2.45) is 0 Å². The first-order valence-corrected chi connectivity index (χ1v) is 8.24. The van der Waals surface area contributed by atoms with E-state index in [1.165, 1.54) is 11.8 Å². The third-order valence-corrected chi connectivity index (χ3v) is 4.11. The number of carbonyl (C=O) groups is 1. The SMILES string of the molecule is CCC(C)NC(=O)Cc1c(C)nc2nc(SC)nn2c1C. The van der Waals surface area contributed by atoms with Crippen LogP contribution in [-0.2, 0) is 11.2 Å². The molecule has 2 aromatic heterocycles. The van der Waals surface area contributed by atoms with Gasteiger partial charge in [0.2, 0.25) is 11.1 Å². The van der Waals surface area contributed by atoms with E-state index in [1.807, 2.05) is 27.0 Å². The normalized spacial score (nSPS) is 12.6. The summed E-state index contributed by atoms with van der Waals surface area (Å²) in [6.07, 6.45) is 3.16. The minimum absolute atomic E-state index is 0.0157. The molecule has 2 aromatic rings. The number of hydrogen-bond donors (Lipinski definition) is 1.